The number of thiocarbonyl (C=S) groups is 1. The number of hydrogen-bond donors (Lipinski definition) is 2. The number of rotatable bonds is 8. The van der Waals surface area contributed by atoms with Crippen LogP contribution in [0.25, 0.3) is 6.08 Å². The molecule has 10 heteroatoms. The predicted molar refractivity (Wildman–Crippen MR) is 126 cm³/mol. The number of nitrogens with zero attached hydrogens (tertiary/aromatic N) is 1. The van der Waals surface area contributed by atoms with Crippen molar-refractivity contribution in [2.75, 3.05) is 26.1 Å². The van der Waals surface area contributed by atoms with Crippen molar-refractivity contribution in [2.24, 2.45) is 0 Å². The van der Waals surface area contributed by atoms with E-state index in [1.807, 2.05) is 0 Å². The summed E-state index contributed by atoms with van der Waals surface area (Å²) >= 11 is 6.48. The third kappa shape index (κ3) is 5.45. The summed E-state index contributed by atoms with van der Waals surface area (Å²) in [5.74, 6) is -0.497. The van der Waals surface area contributed by atoms with Crippen LogP contribution in [0.2, 0.25) is 0 Å². The molecule has 2 N–H and O–H groups in total. The normalized spacial score (nSPS) is 14.6. The van der Waals surface area contributed by atoms with Gasteiger partial charge >= 0.3 is 5.97 Å². The minimum absolute atomic E-state index is 0.0385. The van der Waals surface area contributed by atoms with Crippen LogP contribution in [0.3, 0.4) is 0 Å². The number of aromatic carboxylic acids is 1. The Bertz CT molecular complexity index is 1100. The molecular formula is C22H20N2O6S2. The van der Waals surface area contributed by atoms with E-state index in [1.165, 1.54) is 48.0 Å². The quantitative estimate of drug-likeness (QED) is 0.443. The number of carboxylic acids is 1. The summed E-state index contributed by atoms with van der Waals surface area (Å²) in [4.78, 5) is 37.8. The van der Waals surface area contributed by atoms with Gasteiger partial charge in [0.2, 0.25) is 5.91 Å². The van der Waals surface area contributed by atoms with E-state index in [-0.39, 0.29) is 30.3 Å². The van der Waals surface area contributed by atoms with Crippen LogP contribution in [-0.2, 0) is 9.59 Å². The fraction of sp³-hybridized carbons (Fsp3) is 0.182. The second kappa shape index (κ2) is 10.3. The largest absolute Gasteiger partial charge is 0.493 e. The zero-order chi connectivity index (χ0) is 23.3. The second-order valence-corrected chi connectivity index (χ2v) is 8.30. The highest BCUT2D eigenvalue weighted by molar-refractivity contribution is 8.26. The van der Waals surface area contributed by atoms with E-state index in [0.29, 0.717) is 26.4 Å². The van der Waals surface area contributed by atoms with Crippen LogP contribution >= 0.6 is 24.0 Å². The lowest BCUT2D eigenvalue weighted by atomic mass is 10.2. The van der Waals surface area contributed by atoms with E-state index in [9.17, 15) is 14.4 Å². The first-order valence-electron chi connectivity index (χ1n) is 9.43. The summed E-state index contributed by atoms with van der Waals surface area (Å²) in [5, 5.41) is 11.6. The molecule has 0 aromatic heterocycles. The first-order chi connectivity index (χ1) is 15.3. The minimum atomic E-state index is -1.04. The number of hydrogen-bond acceptors (Lipinski definition) is 7. The Morgan fingerprint density at radius 2 is 1.81 bits per heavy atom. The summed E-state index contributed by atoms with van der Waals surface area (Å²) in [6.45, 7) is 0.132. The summed E-state index contributed by atoms with van der Waals surface area (Å²) in [7, 11) is 3.08. The number of carboxylic acid groups (broad SMARTS) is 1. The average Bonchev–Trinajstić information content (AvgIpc) is 3.04. The standard InChI is InChI=1S/C22H20N2O6S2/c1-29-16-8-3-13(11-17(16)30-2)12-18-20(26)24(22(31)32-18)10-9-19(25)23-15-6-4-14(5-7-15)21(27)28/h3-8,11-12H,9-10H2,1-2H3,(H,23,25)(H,27,28). The molecular weight excluding hydrogens is 452 g/mol. The van der Waals surface area contributed by atoms with E-state index in [4.69, 9.17) is 26.8 Å². The van der Waals surface area contributed by atoms with Crippen molar-refractivity contribution >= 4 is 57.8 Å². The summed E-state index contributed by atoms with van der Waals surface area (Å²) in [6, 6.07) is 11.1. The van der Waals surface area contributed by atoms with Gasteiger partial charge in [0.15, 0.2) is 11.5 Å². The Morgan fingerprint density at radius 3 is 2.44 bits per heavy atom. The lowest BCUT2D eigenvalue weighted by Crippen LogP contribution is -2.31. The van der Waals surface area contributed by atoms with Crippen molar-refractivity contribution in [3.05, 3.63) is 58.5 Å². The number of methoxy groups -OCH3 is 2. The first-order valence-corrected chi connectivity index (χ1v) is 10.7. The highest BCUT2D eigenvalue weighted by Gasteiger charge is 2.32. The van der Waals surface area contributed by atoms with Crippen molar-refractivity contribution in [2.45, 2.75) is 6.42 Å². The molecule has 8 nitrogen and oxygen atoms in total. The molecule has 1 aliphatic rings. The van der Waals surface area contributed by atoms with Crippen LogP contribution in [0.4, 0.5) is 5.69 Å². The summed E-state index contributed by atoms with van der Waals surface area (Å²) in [5.41, 5.74) is 1.35. The molecule has 166 valence electrons. The van der Waals surface area contributed by atoms with E-state index >= 15 is 0 Å². The number of carbonyl (C=O) groups excluding carboxylic acids is 2. The van der Waals surface area contributed by atoms with Crippen LogP contribution in [0, 0.1) is 0 Å². The number of thioether (sulfide) groups is 1. The van der Waals surface area contributed by atoms with Crippen LogP contribution in [0.1, 0.15) is 22.3 Å². The van der Waals surface area contributed by atoms with Crippen molar-refractivity contribution in [1.29, 1.82) is 0 Å². The van der Waals surface area contributed by atoms with Gasteiger partial charge in [0.1, 0.15) is 4.32 Å². The van der Waals surface area contributed by atoms with E-state index < -0.39 is 5.97 Å². The van der Waals surface area contributed by atoms with Crippen LogP contribution in [0.15, 0.2) is 47.4 Å². The number of nitrogens with one attached hydrogen (secondary N) is 1. The van der Waals surface area contributed by atoms with Crippen molar-refractivity contribution in [1.82, 2.24) is 4.90 Å². The number of ether oxygens (including phenoxy) is 2. The molecule has 3 rings (SSSR count). The monoisotopic (exact) mass is 472 g/mol. The summed E-state index contributed by atoms with van der Waals surface area (Å²) < 4.78 is 10.9. The van der Waals surface area contributed by atoms with Crippen molar-refractivity contribution < 1.29 is 29.0 Å². The van der Waals surface area contributed by atoms with Crippen LogP contribution in [0.5, 0.6) is 11.5 Å². The molecule has 1 heterocycles. The van der Waals surface area contributed by atoms with Crippen LogP contribution < -0.4 is 14.8 Å². The number of carbonyl (C=O) groups is 3. The fourth-order valence-electron chi connectivity index (χ4n) is 2.92. The predicted octanol–water partition coefficient (Wildman–Crippen LogP) is 3.63. The highest BCUT2D eigenvalue weighted by atomic mass is 32.2. The number of amides is 2. The van der Waals surface area contributed by atoms with E-state index in [2.05, 4.69) is 5.32 Å². The van der Waals surface area contributed by atoms with Crippen molar-refractivity contribution in [3.63, 3.8) is 0 Å². The van der Waals surface area contributed by atoms with Crippen molar-refractivity contribution in [3.8, 4) is 11.5 Å². The zero-order valence-corrected chi connectivity index (χ0v) is 18.9. The Labute approximate surface area is 194 Å². The van der Waals surface area contributed by atoms with Gasteiger partial charge in [-0.3, -0.25) is 14.5 Å². The van der Waals surface area contributed by atoms with Gasteiger partial charge in [0.05, 0.1) is 24.7 Å². The number of anilines is 1. The third-order valence-corrected chi connectivity index (χ3v) is 5.93. The van der Waals surface area contributed by atoms with Gasteiger partial charge in [-0.25, -0.2) is 4.79 Å². The maximum atomic E-state index is 12.8. The molecule has 0 radical (unpaired) electrons. The maximum Gasteiger partial charge on any atom is 0.335 e. The average molecular weight is 473 g/mol. The molecule has 0 unspecified atom stereocenters. The second-order valence-electron chi connectivity index (χ2n) is 6.63. The molecule has 1 aliphatic heterocycles. The molecule has 1 saturated heterocycles. The van der Waals surface area contributed by atoms with Gasteiger partial charge in [-0.05, 0) is 48.0 Å². The molecule has 2 amide bonds. The number of benzene rings is 2. The highest BCUT2D eigenvalue weighted by Crippen LogP contribution is 2.34. The zero-order valence-electron chi connectivity index (χ0n) is 17.3. The van der Waals surface area contributed by atoms with E-state index in [0.717, 1.165) is 5.56 Å². The van der Waals surface area contributed by atoms with Gasteiger partial charge in [-0.2, -0.15) is 0 Å². The molecule has 32 heavy (non-hydrogen) atoms. The molecule has 0 spiro atoms. The molecule has 1 fully saturated rings. The Kier molecular flexibility index (Phi) is 7.49. The smallest absolute Gasteiger partial charge is 0.335 e. The molecule has 0 saturated carbocycles. The SMILES string of the molecule is COc1ccc(C=C2SC(=S)N(CCC(=O)Nc3ccc(C(=O)O)cc3)C2=O)cc1OC. The fourth-order valence-corrected chi connectivity index (χ4v) is 4.23. The van der Waals surface area contributed by atoms with Gasteiger partial charge in [-0.15, -0.1) is 0 Å². The summed E-state index contributed by atoms with van der Waals surface area (Å²) in [6.07, 6.45) is 1.75. The van der Waals surface area contributed by atoms with Crippen LogP contribution in [-0.4, -0.2) is 52.9 Å². The lowest BCUT2D eigenvalue weighted by Gasteiger charge is -2.14. The van der Waals surface area contributed by atoms with Gasteiger partial charge in [0, 0.05) is 18.7 Å². The third-order valence-electron chi connectivity index (χ3n) is 4.56. The first kappa shape index (κ1) is 23.3. The molecule has 0 aliphatic carbocycles. The van der Waals surface area contributed by atoms with Gasteiger partial charge in [-0.1, -0.05) is 30.0 Å². The topological polar surface area (TPSA) is 105 Å². The van der Waals surface area contributed by atoms with E-state index in [1.54, 1.807) is 31.4 Å². The Morgan fingerprint density at radius 1 is 1.12 bits per heavy atom. The van der Waals surface area contributed by atoms with Gasteiger partial charge in [0.25, 0.3) is 5.91 Å². The Hall–Kier alpha value is -3.37. The minimum Gasteiger partial charge on any atom is -0.493 e. The maximum absolute atomic E-state index is 12.8. The van der Waals surface area contributed by atoms with Gasteiger partial charge < -0.3 is 19.9 Å². The molecule has 0 bridgehead atoms. The molecule has 2 aromatic carbocycles. The lowest BCUT2D eigenvalue weighted by molar-refractivity contribution is -0.122. The molecule has 0 atom stereocenters. The Balaban J connectivity index is 1.61. The molecule has 2 aromatic rings.